The number of halogens is 1. The quantitative estimate of drug-likeness (QED) is 0.637. The van der Waals surface area contributed by atoms with Crippen LogP contribution in [-0.4, -0.2) is 59.7 Å². The van der Waals surface area contributed by atoms with Gasteiger partial charge in [0.15, 0.2) is 0 Å². The Balaban J connectivity index is 1.41. The predicted molar refractivity (Wildman–Crippen MR) is 119 cm³/mol. The zero-order valence-electron chi connectivity index (χ0n) is 30.4. The van der Waals surface area contributed by atoms with Crippen molar-refractivity contribution < 1.29 is 46.1 Å². The number of carbonyl (C=O) groups excluding carboxylic acids is 3. The molecule has 1 N–H and O–H groups in total. The molecule has 0 spiro atoms. The van der Waals surface area contributed by atoms with Crippen molar-refractivity contribution in [2.24, 2.45) is 0 Å². The molecule has 0 aliphatic carbocycles. The molecule has 2 fully saturated rings. The third kappa shape index (κ3) is 4.53. The lowest BCUT2D eigenvalue weighted by atomic mass is 10.0. The first-order chi connectivity index (χ1) is 21.3. The van der Waals surface area contributed by atoms with E-state index >= 15 is 0 Å². The summed E-state index contributed by atoms with van der Waals surface area (Å²) in [4.78, 5) is 38.9. The highest BCUT2D eigenvalue weighted by Crippen LogP contribution is 2.34. The van der Waals surface area contributed by atoms with Crippen LogP contribution >= 0.6 is 0 Å². The smallest absolute Gasteiger partial charge is 0.255 e. The second-order valence-electron chi connectivity index (χ2n) is 7.39. The molecule has 2 aromatic rings. The van der Waals surface area contributed by atoms with Gasteiger partial charge in [-0.1, -0.05) is 12.1 Å². The summed E-state index contributed by atoms with van der Waals surface area (Å²) in [6, 6.07) is 4.03. The monoisotopic (exact) mass is 480 g/mol. The third-order valence-corrected chi connectivity index (χ3v) is 5.23. The van der Waals surface area contributed by atoms with Crippen molar-refractivity contribution in [1.82, 2.24) is 15.1 Å². The van der Waals surface area contributed by atoms with Crippen molar-refractivity contribution in [3.63, 3.8) is 0 Å². The van der Waals surface area contributed by atoms with Crippen LogP contribution < -0.4 is 10.1 Å². The van der Waals surface area contributed by atoms with E-state index in [-0.39, 0.29) is 28.0 Å². The molecular weight excluding hydrogens is 441 g/mol. The van der Waals surface area contributed by atoms with Gasteiger partial charge in [-0.05, 0) is 36.2 Å². The molecule has 3 heterocycles. The lowest BCUT2D eigenvalue weighted by molar-refractivity contribution is -0.136. The van der Waals surface area contributed by atoms with Crippen molar-refractivity contribution in [2.45, 2.75) is 38.5 Å². The summed E-state index contributed by atoms with van der Waals surface area (Å²) in [5, 5.41) is 1.61. The van der Waals surface area contributed by atoms with E-state index in [9.17, 15) is 18.8 Å². The van der Waals surface area contributed by atoms with Crippen molar-refractivity contribution >= 4 is 17.7 Å². The fraction of sp³-hybridized carbons (Fsp3) is 0.400. The van der Waals surface area contributed by atoms with Gasteiger partial charge in [0, 0.05) is 53.6 Å². The minimum atomic E-state index is -3.49. The first-order valence-electron chi connectivity index (χ1n) is 16.5. The highest BCUT2D eigenvalue weighted by Gasteiger charge is 2.40. The van der Waals surface area contributed by atoms with Crippen LogP contribution in [0.4, 0.5) is 4.39 Å². The zero-order valence-corrected chi connectivity index (χ0v) is 17.4. The normalized spacial score (nSPS) is 37.6. The molecule has 178 valence electrons. The summed E-state index contributed by atoms with van der Waals surface area (Å²) in [5.41, 5.74) is -0.226. The molecule has 0 radical (unpaired) electrons. The topological polar surface area (TPSA) is 88.2 Å². The van der Waals surface area contributed by atoms with Crippen molar-refractivity contribution in [3.8, 4) is 5.75 Å². The number of morpholine rings is 1. The fourth-order valence-corrected chi connectivity index (χ4v) is 3.64. The molecule has 34 heavy (non-hydrogen) atoms. The molecule has 2 aromatic carbocycles. The van der Waals surface area contributed by atoms with E-state index < -0.39 is 88.1 Å². The third-order valence-electron chi connectivity index (χ3n) is 5.23. The van der Waals surface area contributed by atoms with Crippen molar-refractivity contribution in [1.29, 1.82) is 0 Å². The Labute approximate surface area is 214 Å². The van der Waals surface area contributed by atoms with Crippen molar-refractivity contribution in [3.05, 3.63) is 64.5 Å². The minimum absolute atomic E-state index is 0.0383. The van der Waals surface area contributed by atoms with Gasteiger partial charge >= 0.3 is 0 Å². The Kier molecular flexibility index (Phi) is 3.33. The van der Waals surface area contributed by atoms with Gasteiger partial charge in [-0.25, -0.2) is 4.39 Å². The largest absolute Gasteiger partial charge is 0.488 e. The lowest BCUT2D eigenvalue weighted by Gasteiger charge is -2.29. The number of nitrogens with one attached hydrogen (secondary N) is 1. The van der Waals surface area contributed by atoms with Crippen LogP contribution in [0.2, 0.25) is 0 Å². The Morgan fingerprint density at radius 1 is 1.21 bits per heavy atom. The van der Waals surface area contributed by atoms with Gasteiger partial charge in [-0.2, -0.15) is 0 Å². The van der Waals surface area contributed by atoms with E-state index in [4.69, 9.17) is 22.6 Å². The maximum Gasteiger partial charge on any atom is 0.255 e. The van der Waals surface area contributed by atoms with Crippen LogP contribution in [0, 0.1) is 5.82 Å². The molecule has 0 aromatic heterocycles. The lowest BCUT2D eigenvalue weighted by Crippen LogP contribution is -2.52. The van der Waals surface area contributed by atoms with Gasteiger partial charge in [0.2, 0.25) is 11.8 Å². The van der Waals surface area contributed by atoms with Gasteiger partial charge in [-0.15, -0.1) is 0 Å². The van der Waals surface area contributed by atoms with Gasteiger partial charge in [0.05, 0.1) is 26.5 Å². The Bertz CT molecular complexity index is 1670. The molecule has 1 unspecified atom stereocenters. The summed E-state index contributed by atoms with van der Waals surface area (Å²) >= 11 is 0. The average molecular weight is 481 g/mol. The second kappa shape index (κ2) is 9.52. The number of ether oxygens (including phenoxy) is 2. The van der Waals surface area contributed by atoms with Crippen LogP contribution in [0.25, 0.3) is 0 Å². The molecule has 9 heteroatoms. The Morgan fingerprint density at radius 3 is 2.85 bits per heavy atom. The van der Waals surface area contributed by atoms with Crippen LogP contribution in [-0.2, 0) is 34.0 Å². The standard InChI is InChI=1S/C25H26FN3O5/c26-20-5-4-16(13-28-8-10-33-11-9-28)12-17(20)15-34-22-3-1-2-18-19(22)14-29(25(18)32)21-6-7-23(30)27-24(21)31/h1-5,12,21H,6-11,13-15H2,(H,27,30,31)/i6D2,7D2,8D2,9D2,10D2,11D2,21D. The summed E-state index contributed by atoms with van der Waals surface area (Å²) in [6.45, 7) is -14.8. The molecule has 3 amide bonds. The number of imide groups is 1. The maximum absolute atomic E-state index is 14.9. The summed E-state index contributed by atoms with van der Waals surface area (Å²) < 4.78 is 130. The molecule has 0 saturated carbocycles. The van der Waals surface area contributed by atoms with Gasteiger partial charge in [0.25, 0.3) is 5.91 Å². The predicted octanol–water partition coefficient (Wildman–Crippen LogP) is 2.00. The number of nitrogens with zero attached hydrogens (tertiary/aromatic N) is 2. The Morgan fingerprint density at radius 2 is 2.03 bits per heavy atom. The number of amides is 3. The van der Waals surface area contributed by atoms with Crippen LogP contribution in [0.5, 0.6) is 5.75 Å². The van der Waals surface area contributed by atoms with Gasteiger partial charge in [-0.3, -0.25) is 24.6 Å². The number of fused-ring (bicyclic) bond motifs is 1. The molecule has 0 bridgehead atoms. The summed E-state index contributed by atoms with van der Waals surface area (Å²) in [5.74, 6) is -5.09. The van der Waals surface area contributed by atoms with Gasteiger partial charge in [0.1, 0.15) is 24.2 Å². The van der Waals surface area contributed by atoms with Crippen LogP contribution in [0.1, 0.15) is 57.6 Å². The highest BCUT2D eigenvalue weighted by atomic mass is 19.1. The fourth-order valence-electron chi connectivity index (χ4n) is 3.64. The van der Waals surface area contributed by atoms with Crippen LogP contribution in [0.3, 0.4) is 0 Å². The number of piperidine rings is 1. The van der Waals surface area contributed by atoms with Crippen LogP contribution in [0.15, 0.2) is 36.4 Å². The number of benzene rings is 2. The average Bonchev–Trinajstić information content (AvgIpc) is 3.30. The van der Waals surface area contributed by atoms with E-state index in [2.05, 4.69) is 4.74 Å². The van der Waals surface area contributed by atoms with E-state index in [1.807, 2.05) is 0 Å². The molecule has 3 aliphatic heterocycles. The molecular formula is C25H26FN3O5. The second-order valence-corrected chi connectivity index (χ2v) is 7.39. The summed E-state index contributed by atoms with van der Waals surface area (Å²) in [6.07, 6.45) is -6.86. The van der Waals surface area contributed by atoms with E-state index in [1.54, 1.807) is 5.32 Å². The molecule has 8 nitrogen and oxygen atoms in total. The van der Waals surface area contributed by atoms with E-state index in [0.29, 0.717) is 9.80 Å². The Hall–Kier alpha value is -3.30. The van der Waals surface area contributed by atoms with E-state index in [1.165, 1.54) is 18.2 Å². The molecule has 2 saturated heterocycles. The first kappa shape index (κ1) is 11.9. The van der Waals surface area contributed by atoms with E-state index in [0.717, 1.165) is 18.2 Å². The molecule has 1 atom stereocenters. The number of carbonyl (C=O) groups is 3. The highest BCUT2D eigenvalue weighted by molar-refractivity contribution is 6.05. The minimum Gasteiger partial charge on any atom is -0.488 e. The molecule has 3 aliphatic rings. The summed E-state index contributed by atoms with van der Waals surface area (Å²) in [7, 11) is 0. The SMILES string of the molecule is [2H]C1([2H])OC([2H])([2H])C([2H])([2H])N(Cc2ccc(F)c(COc3cccc4c3CN(C3([2H])C(=O)NC(=O)C([2H])([2H])C3([2H])[2H])C4=O)c2)C1([2H])[2H]. The first-order valence-corrected chi connectivity index (χ1v) is 10.0. The van der Waals surface area contributed by atoms with Gasteiger partial charge < -0.3 is 14.4 Å². The number of hydrogen-bond acceptors (Lipinski definition) is 6. The van der Waals surface area contributed by atoms with Crippen molar-refractivity contribution in [2.75, 3.05) is 26.1 Å². The molecule has 5 rings (SSSR count). The zero-order chi connectivity index (χ0) is 35.3. The number of rotatable bonds is 6. The number of hydrogen-bond donors (Lipinski definition) is 1. The maximum atomic E-state index is 14.9.